The zero-order chi connectivity index (χ0) is 9.10. The van der Waals surface area contributed by atoms with Gasteiger partial charge in [-0.15, -0.1) is 0 Å². The van der Waals surface area contributed by atoms with Crippen molar-refractivity contribution >= 4 is 5.78 Å². The van der Waals surface area contributed by atoms with E-state index in [1.54, 1.807) is 0 Å². The standard InChI is InChI=1S/C10H18N2O/c13-10-4-2-1-3-8(10)9-7-11-5-6-12-9/h8-9,11-12H,1-7H2/t8?,9-/m1/s1. The van der Waals surface area contributed by atoms with E-state index in [1.807, 2.05) is 0 Å². The van der Waals surface area contributed by atoms with E-state index in [9.17, 15) is 4.79 Å². The maximum absolute atomic E-state index is 11.6. The van der Waals surface area contributed by atoms with Gasteiger partial charge < -0.3 is 10.6 Å². The van der Waals surface area contributed by atoms with Crippen molar-refractivity contribution in [3.8, 4) is 0 Å². The lowest BCUT2D eigenvalue weighted by atomic mass is 9.82. The van der Waals surface area contributed by atoms with Crippen LogP contribution >= 0.6 is 0 Å². The molecule has 2 aliphatic rings. The minimum Gasteiger partial charge on any atom is -0.314 e. The lowest BCUT2D eigenvalue weighted by Crippen LogP contribution is -2.54. The predicted molar refractivity (Wildman–Crippen MR) is 51.6 cm³/mol. The third-order valence-electron chi connectivity index (χ3n) is 3.16. The third kappa shape index (κ3) is 2.09. The number of carbonyl (C=O) groups is 1. The van der Waals surface area contributed by atoms with Gasteiger partial charge in [-0.3, -0.25) is 4.79 Å². The maximum Gasteiger partial charge on any atom is 0.137 e. The van der Waals surface area contributed by atoms with Crippen molar-refractivity contribution in [3.63, 3.8) is 0 Å². The Morgan fingerprint density at radius 1 is 1.23 bits per heavy atom. The second kappa shape index (κ2) is 4.20. The lowest BCUT2D eigenvalue weighted by molar-refractivity contribution is -0.125. The van der Waals surface area contributed by atoms with Gasteiger partial charge in [-0.1, -0.05) is 6.42 Å². The second-order valence-electron chi connectivity index (χ2n) is 4.08. The molecule has 2 N–H and O–H groups in total. The van der Waals surface area contributed by atoms with E-state index >= 15 is 0 Å². The maximum atomic E-state index is 11.6. The van der Waals surface area contributed by atoms with Crippen molar-refractivity contribution in [2.75, 3.05) is 19.6 Å². The highest BCUT2D eigenvalue weighted by Crippen LogP contribution is 2.23. The summed E-state index contributed by atoms with van der Waals surface area (Å²) in [4.78, 5) is 11.6. The van der Waals surface area contributed by atoms with Gasteiger partial charge in [0.15, 0.2) is 0 Å². The Balaban J connectivity index is 1.92. The van der Waals surface area contributed by atoms with Gasteiger partial charge in [-0.2, -0.15) is 0 Å². The molecule has 0 bridgehead atoms. The highest BCUT2D eigenvalue weighted by atomic mass is 16.1. The lowest BCUT2D eigenvalue weighted by Gasteiger charge is -2.33. The number of Topliss-reactive ketones (excluding diaryl/α,β-unsaturated/α-hetero) is 1. The molecule has 74 valence electrons. The zero-order valence-electron chi connectivity index (χ0n) is 8.01. The molecule has 1 aliphatic heterocycles. The first kappa shape index (κ1) is 9.16. The minimum absolute atomic E-state index is 0.293. The van der Waals surface area contributed by atoms with Crippen LogP contribution in [0.5, 0.6) is 0 Å². The first-order chi connectivity index (χ1) is 6.38. The van der Waals surface area contributed by atoms with Crippen LogP contribution in [0.1, 0.15) is 25.7 Å². The van der Waals surface area contributed by atoms with Gasteiger partial charge in [0.25, 0.3) is 0 Å². The highest BCUT2D eigenvalue weighted by Gasteiger charge is 2.30. The normalized spacial score (nSPS) is 36.2. The van der Waals surface area contributed by atoms with Gasteiger partial charge >= 0.3 is 0 Å². The molecule has 1 heterocycles. The summed E-state index contributed by atoms with van der Waals surface area (Å²) in [5.41, 5.74) is 0. The van der Waals surface area contributed by atoms with Crippen molar-refractivity contribution in [2.24, 2.45) is 5.92 Å². The van der Waals surface area contributed by atoms with E-state index in [0.29, 0.717) is 17.7 Å². The van der Waals surface area contributed by atoms with Crippen molar-refractivity contribution in [3.05, 3.63) is 0 Å². The number of rotatable bonds is 1. The molecule has 0 radical (unpaired) electrons. The summed E-state index contributed by atoms with van der Waals surface area (Å²) in [5, 5.41) is 6.77. The fourth-order valence-corrected chi connectivity index (χ4v) is 2.40. The molecule has 3 heteroatoms. The Morgan fingerprint density at radius 2 is 2.15 bits per heavy atom. The minimum atomic E-state index is 0.293. The molecule has 0 aromatic heterocycles. The van der Waals surface area contributed by atoms with Crippen LogP contribution in [0.3, 0.4) is 0 Å². The molecule has 0 spiro atoms. The molecular weight excluding hydrogens is 164 g/mol. The van der Waals surface area contributed by atoms with Crippen LogP contribution in [-0.2, 0) is 4.79 Å². The van der Waals surface area contributed by atoms with Crippen LogP contribution in [0.4, 0.5) is 0 Å². The van der Waals surface area contributed by atoms with Crippen LogP contribution in [0.25, 0.3) is 0 Å². The summed E-state index contributed by atoms with van der Waals surface area (Å²) in [5.74, 6) is 0.772. The summed E-state index contributed by atoms with van der Waals surface area (Å²) < 4.78 is 0. The van der Waals surface area contributed by atoms with Crippen molar-refractivity contribution < 1.29 is 4.79 Å². The van der Waals surface area contributed by atoms with Crippen molar-refractivity contribution in [2.45, 2.75) is 31.7 Å². The first-order valence-electron chi connectivity index (χ1n) is 5.35. The average molecular weight is 182 g/mol. The molecular formula is C10H18N2O. The molecule has 1 saturated carbocycles. The zero-order valence-corrected chi connectivity index (χ0v) is 8.01. The molecule has 1 aliphatic carbocycles. The molecule has 13 heavy (non-hydrogen) atoms. The van der Waals surface area contributed by atoms with Crippen LogP contribution in [0.2, 0.25) is 0 Å². The van der Waals surface area contributed by atoms with Gasteiger partial charge in [-0.05, 0) is 12.8 Å². The van der Waals surface area contributed by atoms with Crippen molar-refractivity contribution in [1.29, 1.82) is 0 Å². The van der Waals surface area contributed by atoms with E-state index in [4.69, 9.17) is 0 Å². The number of hydrogen-bond donors (Lipinski definition) is 2. The summed E-state index contributed by atoms with van der Waals surface area (Å²) in [6.07, 6.45) is 4.24. The van der Waals surface area contributed by atoms with Gasteiger partial charge in [0.05, 0.1) is 0 Å². The van der Waals surface area contributed by atoms with E-state index in [2.05, 4.69) is 10.6 Å². The fraction of sp³-hybridized carbons (Fsp3) is 0.900. The SMILES string of the molecule is O=C1CCCCC1[C@H]1CNCCN1. The number of nitrogens with one attached hydrogen (secondary N) is 2. The van der Waals surface area contributed by atoms with E-state index < -0.39 is 0 Å². The molecule has 1 saturated heterocycles. The first-order valence-corrected chi connectivity index (χ1v) is 5.35. The number of piperazine rings is 1. The average Bonchev–Trinajstić information content (AvgIpc) is 2.20. The second-order valence-corrected chi connectivity index (χ2v) is 4.08. The van der Waals surface area contributed by atoms with E-state index in [1.165, 1.54) is 6.42 Å². The van der Waals surface area contributed by atoms with Gasteiger partial charge in [-0.25, -0.2) is 0 Å². The number of ketones is 1. The van der Waals surface area contributed by atoms with Gasteiger partial charge in [0.1, 0.15) is 5.78 Å². The Kier molecular flexibility index (Phi) is 2.96. The summed E-state index contributed by atoms with van der Waals surface area (Å²) >= 11 is 0. The van der Waals surface area contributed by atoms with Gasteiger partial charge in [0.2, 0.25) is 0 Å². The smallest absolute Gasteiger partial charge is 0.137 e. The number of hydrogen-bond acceptors (Lipinski definition) is 3. The highest BCUT2D eigenvalue weighted by molar-refractivity contribution is 5.82. The Morgan fingerprint density at radius 3 is 2.85 bits per heavy atom. The summed E-state index contributed by atoms with van der Waals surface area (Å²) in [7, 11) is 0. The van der Waals surface area contributed by atoms with Gasteiger partial charge in [0, 0.05) is 38.0 Å². The summed E-state index contributed by atoms with van der Waals surface area (Å²) in [6.45, 7) is 3.02. The third-order valence-corrected chi connectivity index (χ3v) is 3.16. The molecule has 2 atom stereocenters. The number of carbonyl (C=O) groups excluding carboxylic acids is 1. The Bertz CT molecular complexity index is 187. The van der Waals surface area contributed by atoms with E-state index in [0.717, 1.165) is 38.9 Å². The Hall–Kier alpha value is -0.410. The molecule has 3 nitrogen and oxygen atoms in total. The largest absolute Gasteiger partial charge is 0.314 e. The summed E-state index contributed by atoms with van der Waals surface area (Å²) in [6, 6.07) is 0.404. The van der Waals surface area contributed by atoms with Crippen LogP contribution < -0.4 is 10.6 Å². The van der Waals surface area contributed by atoms with Crippen LogP contribution in [-0.4, -0.2) is 31.5 Å². The molecule has 2 fully saturated rings. The van der Waals surface area contributed by atoms with Crippen molar-refractivity contribution in [1.82, 2.24) is 10.6 Å². The van der Waals surface area contributed by atoms with E-state index in [-0.39, 0.29) is 0 Å². The quantitative estimate of drug-likeness (QED) is 0.613. The molecule has 0 amide bonds. The van der Waals surface area contributed by atoms with Crippen LogP contribution in [0.15, 0.2) is 0 Å². The predicted octanol–water partition coefficient (Wildman–Crippen LogP) is 0.307. The monoisotopic (exact) mass is 182 g/mol. The molecule has 2 rings (SSSR count). The molecule has 0 aromatic carbocycles. The molecule has 1 unspecified atom stereocenters. The Labute approximate surface area is 79.3 Å². The molecule has 0 aromatic rings. The fourth-order valence-electron chi connectivity index (χ4n) is 2.40. The topological polar surface area (TPSA) is 41.1 Å². The van der Waals surface area contributed by atoms with Crippen LogP contribution in [0, 0.1) is 5.92 Å².